The summed E-state index contributed by atoms with van der Waals surface area (Å²) in [6.45, 7) is 4.97. The fourth-order valence-corrected chi connectivity index (χ4v) is 2.86. The molecule has 2 N–H and O–H groups in total. The van der Waals surface area contributed by atoms with Gasteiger partial charge in [0.15, 0.2) is 0 Å². The van der Waals surface area contributed by atoms with Gasteiger partial charge in [0.25, 0.3) is 0 Å². The summed E-state index contributed by atoms with van der Waals surface area (Å²) >= 11 is 1.75. The average molecular weight is 261 g/mol. The number of hydrogen-bond donors (Lipinski definition) is 1. The van der Waals surface area contributed by atoms with Crippen molar-refractivity contribution >= 4 is 11.3 Å². The minimum absolute atomic E-state index is 0.453. The van der Waals surface area contributed by atoms with Crippen molar-refractivity contribution in [3.63, 3.8) is 0 Å². The molecule has 0 radical (unpaired) electrons. The molecule has 96 valence electrons. The second-order valence-electron chi connectivity index (χ2n) is 4.58. The van der Waals surface area contributed by atoms with Gasteiger partial charge in [-0.1, -0.05) is 13.8 Å². The van der Waals surface area contributed by atoms with Gasteiger partial charge in [-0.15, -0.1) is 11.3 Å². The van der Waals surface area contributed by atoms with Crippen LogP contribution in [0.25, 0.3) is 10.4 Å². The zero-order chi connectivity index (χ0) is 13.1. The third kappa shape index (κ3) is 2.57. The van der Waals surface area contributed by atoms with Crippen LogP contribution in [0, 0.1) is 0 Å². The highest BCUT2D eigenvalue weighted by molar-refractivity contribution is 7.15. The van der Waals surface area contributed by atoms with Crippen molar-refractivity contribution in [2.24, 2.45) is 5.73 Å². The van der Waals surface area contributed by atoms with Gasteiger partial charge in [0.05, 0.1) is 7.11 Å². The number of hydrogen-bond acceptors (Lipinski definition) is 3. The summed E-state index contributed by atoms with van der Waals surface area (Å²) in [7, 11) is 1.72. The van der Waals surface area contributed by atoms with Crippen molar-refractivity contribution in [1.29, 1.82) is 0 Å². The number of benzene rings is 1. The molecule has 1 heterocycles. The van der Waals surface area contributed by atoms with E-state index in [0.717, 1.165) is 5.75 Å². The van der Waals surface area contributed by atoms with Gasteiger partial charge in [0.1, 0.15) is 5.75 Å². The van der Waals surface area contributed by atoms with Gasteiger partial charge < -0.3 is 10.5 Å². The van der Waals surface area contributed by atoms with Crippen molar-refractivity contribution in [2.75, 3.05) is 7.11 Å². The summed E-state index contributed by atoms with van der Waals surface area (Å²) in [4.78, 5) is 2.48. The lowest BCUT2D eigenvalue weighted by Gasteiger charge is -2.13. The molecule has 2 rings (SSSR count). The van der Waals surface area contributed by atoms with E-state index in [1.54, 1.807) is 18.4 Å². The SMILES string of the molecule is COc1ccc(-c2ccc(CN)s2)cc1C(C)C. The van der Waals surface area contributed by atoms with Crippen LogP contribution in [0.4, 0.5) is 0 Å². The van der Waals surface area contributed by atoms with E-state index in [4.69, 9.17) is 10.5 Å². The fourth-order valence-electron chi connectivity index (χ4n) is 1.98. The summed E-state index contributed by atoms with van der Waals surface area (Å²) in [5.74, 6) is 1.41. The Kier molecular flexibility index (Phi) is 4.04. The molecule has 18 heavy (non-hydrogen) atoms. The van der Waals surface area contributed by atoms with Gasteiger partial charge in [0, 0.05) is 16.3 Å². The molecule has 0 amide bonds. The summed E-state index contributed by atoms with van der Waals surface area (Å²) < 4.78 is 5.41. The summed E-state index contributed by atoms with van der Waals surface area (Å²) in [5.41, 5.74) is 8.14. The van der Waals surface area contributed by atoms with E-state index >= 15 is 0 Å². The van der Waals surface area contributed by atoms with Crippen LogP contribution in [0.15, 0.2) is 30.3 Å². The molecule has 0 bridgehead atoms. The Morgan fingerprint density at radius 2 is 2.00 bits per heavy atom. The minimum atomic E-state index is 0.453. The molecule has 1 aromatic heterocycles. The van der Waals surface area contributed by atoms with Gasteiger partial charge in [-0.05, 0) is 47.4 Å². The molecule has 0 atom stereocenters. The largest absolute Gasteiger partial charge is 0.496 e. The summed E-state index contributed by atoms with van der Waals surface area (Å²) in [5, 5.41) is 0. The Labute approximate surface area is 112 Å². The van der Waals surface area contributed by atoms with Crippen LogP contribution in [-0.2, 0) is 6.54 Å². The smallest absolute Gasteiger partial charge is 0.122 e. The highest BCUT2D eigenvalue weighted by atomic mass is 32.1. The number of rotatable bonds is 4. The molecular formula is C15H19NOS. The fraction of sp³-hybridized carbons (Fsp3) is 0.333. The van der Waals surface area contributed by atoms with Crippen LogP contribution in [0.3, 0.4) is 0 Å². The third-order valence-electron chi connectivity index (χ3n) is 3.00. The van der Waals surface area contributed by atoms with Crippen LogP contribution in [0.2, 0.25) is 0 Å². The van der Waals surface area contributed by atoms with E-state index in [2.05, 4.69) is 38.1 Å². The molecule has 0 spiro atoms. The maximum atomic E-state index is 5.66. The Balaban J connectivity index is 2.42. The van der Waals surface area contributed by atoms with Crippen LogP contribution < -0.4 is 10.5 Å². The van der Waals surface area contributed by atoms with Gasteiger partial charge in [-0.3, -0.25) is 0 Å². The second-order valence-corrected chi connectivity index (χ2v) is 5.75. The number of thiophene rings is 1. The topological polar surface area (TPSA) is 35.2 Å². The van der Waals surface area contributed by atoms with E-state index in [1.165, 1.54) is 20.9 Å². The normalized spacial score (nSPS) is 10.9. The highest BCUT2D eigenvalue weighted by Gasteiger charge is 2.10. The first-order chi connectivity index (χ1) is 8.65. The van der Waals surface area contributed by atoms with Crippen molar-refractivity contribution in [1.82, 2.24) is 0 Å². The lowest BCUT2D eigenvalue weighted by atomic mass is 9.99. The predicted octanol–water partition coefficient (Wildman–Crippen LogP) is 4.01. The molecule has 0 saturated heterocycles. The quantitative estimate of drug-likeness (QED) is 0.902. The zero-order valence-electron chi connectivity index (χ0n) is 11.1. The third-order valence-corrected chi connectivity index (χ3v) is 4.16. The van der Waals surface area contributed by atoms with E-state index in [1.807, 2.05) is 6.07 Å². The summed E-state index contributed by atoms with van der Waals surface area (Å²) in [6, 6.07) is 10.6. The second kappa shape index (κ2) is 5.55. The van der Waals surface area contributed by atoms with E-state index in [0.29, 0.717) is 12.5 Å². The maximum Gasteiger partial charge on any atom is 0.122 e. The molecule has 0 aliphatic rings. The van der Waals surface area contributed by atoms with Crippen LogP contribution in [0.5, 0.6) is 5.75 Å². The number of ether oxygens (including phenoxy) is 1. The molecule has 1 aromatic carbocycles. The van der Waals surface area contributed by atoms with Crippen molar-refractivity contribution in [3.8, 4) is 16.2 Å². The number of nitrogens with two attached hydrogens (primary N) is 1. The molecule has 2 aromatic rings. The molecule has 0 aliphatic heterocycles. The van der Waals surface area contributed by atoms with Gasteiger partial charge in [-0.25, -0.2) is 0 Å². The first-order valence-electron chi connectivity index (χ1n) is 6.12. The standard InChI is InChI=1S/C15H19NOS/c1-10(2)13-8-11(4-6-14(13)17-3)15-7-5-12(9-16)18-15/h4-8,10H,9,16H2,1-3H3. The molecule has 0 saturated carbocycles. The molecule has 0 aliphatic carbocycles. The maximum absolute atomic E-state index is 5.66. The average Bonchev–Trinajstić information content (AvgIpc) is 2.86. The first kappa shape index (κ1) is 13.1. The van der Waals surface area contributed by atoms with Gasteiger partial charge in [-0.2, -0.15) is 0 Å². The monoisotopic (exact) mass is 261 g/mol. The Bertz CT molecular complexity index is 531. The highest BCUT2D eigenvalue weighted by Crippen LogP contribution is 2.34. The van der Waals surface area contributed by atoms with E-state index in [-0.39, 0.29) is 0 Å². The van der Waals surface area contributed by atoms with Crippen molar-refractivity contribution in [2.45, 2.75) is 26.3 Å². The Morgan fingerprint density at radius 3 is 2.56 bits per heavy atom. The number of methoxy groups -OCH3 is 1. The van der Waals surface area contributed by atoms with Crippen molar-refractivity contribution < 1.29 is 4.74 Å². The Morgan fingerprint density at radius 1 is 1.22 bits per heavy atom. The molecule has 0 unspecified atom stereocenters. The Hall–Kier alpha value is -1.32. The molecule has 2 nitrogen and oxygen atoms in total. The van der Waals surface area contributed by atoms with Crippen LogP contribution in [0.1, 0.15) is 30.2 Å². The van der Waals surface area contributed by atoms with Crippen molar-refractivity contribution in [3.05, 3.63) is 40.8 Å². The minimum Gasteiger partial charge on any atom is -0.496 e. The molecular weight excluding hydrogens is 242 g/mol. The first-order valence-corrected chi connectivity index (χ1v) is 6.94. The lowest BCUT2D eigenvalue weighted by Crippen LogP contribution is -1.94. The zero-order valence-corrected chi connectivity index (χ0v) is 11.9. The van der Waals surface area contributed by atoms with E-state index in [9.17, 15) is 0 Å². The summed E-state index contributed by atoms with van der Waals surface area (Å²) in [6.07, 6.45) is 0. The lowest BCUT2D eigenvalue weighted by molar-refractivity contribution is 0.407. The molecule has 0 fully saturated rings. The van der Waals surface area contributed by atoms with E-state index < -0.39 is 0 Å². The molecule has 3 heteroatoms. The van der Waals surface area contributed by atoms with Crippen LogP contribution >= 0.6 is 11.3 Å². The van der Waals surface area contributed by atoms with Gasteiger partial charge >= 0.3 is 0 Å². The van der Waals surface area contributed by atoms with Crippen LogP contribution in [-0.4, -0.2) is 7.11 Å². The van der Waals surface area contributed by atoms with Gasteiger partial charge in [0.2, 0.25) is 0 Å². The predicted molar refractivity (Wildman–Crippen MR) is 78.3 cm³/mol.